The molecule has 0 aromatic heterocycles. The lowest BCUT2D eigenvalue weighted by atomic mass is 9.84. The van der Waals surface area contributed by atoms with Crippen LogP contribution in [0.15, 0.2) is 0 Å². The van der Waals surface area contributed by atoms with Gasteiger partial charge >= 0.3 is 0 Å². The van der Waals surface area contributed by atoms with Crippen LogP contribution in [0, 0.1) is 11.8 Å². The summed E-state index contributed by atoms with van der Waals surface area (Å²) >= 11 is 0. The van der Waals surface area contributed by atoms with E-state index in [1.165, 1.54) is 77.4 Å². The Bertz CT molecular complexity index is 229. The highest BCUT2D eigenvalue weighted by atomic mass is 15.1. The van der Waals surface area contributed by atoms with Crippen LogP contribution in [0.25, 0.3) is 0 Å². The summed E-state index contributed by atoms with van der Waals surface area (Å²) in [5, 5.41) is 0. The van der Waals surface area contributed by atoms with Crippen molar-refractivity contribution in [2.45, 2.75) is 70.8 Å². The number of hydrogen-bond donors (Lipinski definition) is 1. The van der Waals surface area contributed by atoms with E-state index >= 15 is 0 Å². The molecule has 18 heavy (non-hydrogen) atoms. The second kappa shape index (κ2) is 7.49. The Morgan fingerprint density at radius 3 is 2.72 bits per heavy atom. The highest BCUT2D eigenvalue weighted by Crippen LogP contribution is 2.27. The Balaban J connectivity index is 1.74. The van der Waals surface area contributed by atoms with Crippen molar-refractivity contribution in [1.82, 2.24) is 4.90 Å². The van der Waals surface area contributed by atoms with Gasteiger partial charge in [0.15, 0.2) is 0 Å². The van der Waals surface area contributed by atoms with Gasteiger partial charge in [-0.1, -0.05) is 32.6 Å². The summed E-state index contributed by atoms with van der Waals surface area (Å²) in [6.07, 6.45) is 12.5. The Kier molecular flexibility index (Phi) is 5.97. The molecule has 106 valence electrons. The number of likely N-dealkylation sites (tertiary alicyclic amines) is 1. The fourth-order valence-electron chi connectivity index (χ4n) is 3.84. The summed E-state index contributed by atoms with van der Waals surface area (Å²) in [6.45, 7) is 6.26. The van der Waals surface area contributed by atoms with E-state index in [2.05, 4.69) is 11.8 Å². The Hall–Kier alpha value is -0.0800. The van der Waals surface area contributed by atoms with Gasteiger partial charge in [0.25, 0.3) is 0 Å². The van der Waals surface area contributed by atoms with E-state index in [1.54, 1.807) is 0 Å². The molecule has 2 unspecified atom stereocenters. The normalized spacial score (nSPS) is 34.7. The molecule has 1 aliphatic heterocycles. The standard InChI is InChI=1S/C16H32N2/c1-2-3-7-14-8-6-11-18(12-14)13-15-9-4-5-10-16(15)17/h14-16H,2-13,17H2,1H3/t14?,15-,16?/m0/s1. The van der Waals surface area contributed by atoms with Gasteiger partial charge in [0.05, 0.1) is 0 Å². The fourth-order valence-corrected chi connectivity index (χ4v) is 3.84. The fraction of sp³-hybridized carbons (Fsp3) is 1.00. The third kappa shape index (κ3) is 4.24. The van der Waals surface area contributed by atoms with Gasteiger partial charge in [-0.2, -0.15) is 0 Å². The van der Waals surface area contributed by atoms with E-state index < -0.39 is 0 Å². The van der Waals surface area contributed by atoms with Gasteiger partial charge in [-0.3, -0.25) is 0 Å². The number of piperidine rings is 1. The predicted octanol–water partition coefficient (Wildman–Crippen LogP) is 3.41. The molecule has 0 aromatic rings. The lowest BCUT2D eigenvalue weighted by molar-refractivity contribution is 0.125. The first-order valence-electron chi connectivity index (χ1n) is 8.27. The summed E-state index contributed by atoms with van der Waals surface area (Å²) in [5.74, 6) is 1.75. The molecule has 1 saturated heterocycles. The van der Waals surface area contributed by atoms with Crippen molar-refractivity contribution < 1.29 is 0 Å². The van der Waals surface area contributed by atoms with E-state index in [1.807, 2.05) is 0 Å². The maximum Gasteiger partial charge on any atom is 0.00793 e. The average Bonchev–Trinajstić information content (AvgIpc) is 2.40. The average molecular weight is 252 g/mol. The molecule has 2 rings (SSSR count). The van der Waals surface area contributed by atoms with Crippen LogP contribution in [0.4, 0.5) is 0 Å². The van der Waals surface area contributed by atoms with Gasteiger partial charge in [0.1, 0.15) is 0 Å². The van der Waals surface area contributed by atoms with Gasteiger partial charge < -0.3 is 10.6 Å². The molecule has 3 atom stereocenters. The minimum absolute atomic E-state index is 0.481. The van der Waals surface area contributed by atoms with E-state index in [9.17, 15) is 0 Å². The molecule has 2 N–H and O–H groups in total. The summed E-state index contributed by atoms with van der Waals surface area (Å²) in [7, 11) is 0. The smallest absolute Gasteiger partial charge is 0.00793 e. The van der Waals surface area contributed by atoms with Crippen LogP contribution in [0.2, 0.25) is 0 Å². The first-order valence-corrected chi connectivity index (χ1v) is 8.27. The minimum Gasteiger partial charge on any atom is -0.327 e. The quantitative estimate of drug-likeness (QED) is 0.812. The molecule has 2 heteroatoms. The van der Waals surface area contributed by atoms with Crippen LogP contribution in [0.3, 0.4) is 0 Å². The largest absolute Gasteiger partial charge is 0.327 e. The maximum absolute atomic E-state index is 6.28. The Morgan fingerprint density at radius 1 is 1.11 bits per heavy atom. The second-order valence-electron chi connectivity index (χ2n) is 6.62. The number of nitrogens with zero attached hydrogens (tertiary/aromatic N) is 1. The van der Waals surface area contributed by atoms with Crippen molar-refractivity contribution in [2.24, 2.45) is 17.6 Å². The van der Waals surface area contributed by atoms with Crippen molar-refractivity contribution in [3.8, 4) is 0 Å². The Labute approximate surface area is 113 Å². The van der Waals surface area contributed by atoms with Gasteiger partial charge in [-0.05, 0) is 50.5 Å². The summed E-state index contributed by atoms with van der Waals surface area (Å²) in [4.78, 5) is 2.72. The zero-order valence-electron chi connectivity index (χ0n) is 12.2. The molecule has 0 radical (unpaired) electrons. The van der Waals surface area contributed by atoms with Crippen molar-refractivity contribution in [3.05, 3.63) is 0 Å². The molecule has 2 aliphatic rings. The molecular formula is C16H32N2. The summed E-state index contributed by atoms with van der Waals surface area (Å²) in [6, 6.07) is 0.481. The lowest BCUT2D eigenvalue weighted by Gasteiger charge is -2.38. The van der Waals surface area contributed by atoms with Gasteiger partial charge in [0, 0.05) is 19.1 Å². The van der Waals surface area contributed by atoms with Crippen LogP contribution < -0.4 is 5.73 Å². The first kappa shape index (κ1) is 14.3. The van der Waals surface area contributed by atoms with Crippen LogP contribution in [-0.4, -0.2) is 30.6 Å². The van der Waals surface area contributed by atoms with Crippen molar-refractivity contribution in [1.29, 1.82) is 0 Å². The number of rotatable bonds is 5. The van der Waals surface area contributed by atoms with E-state index in [4.69, 9.17) is 5.73 Å². The Morgan fingerprint density at radius 2 is 1.94 bits per heavy atom. The zero-order valence-corrected chi connectivity index (χ0v) is 12.2. The monoisotopic (exact) mass is 252 g/mol. The molecule has 0 bridgehead atoms. The third-order valence-electron chi connectivity index (χ3n) is 5.03. The van der Waals surface area contributed by atoms with Crippen molar-refractivity contribution in [3.63, 3.8) is 0 Å². The lowest BCUT2D eigenvalue weighted by Crippen LogP contribution is -2.44. The van der Waals surface area contributed by atoms with Crippen LogP contribution >= 0.6 is 0 Å². The van der Waals surface area contributed by atoms with Crippen LogP contribution in [0.1, 0.15) is 64.7 Å². The molecular weight excluding hydrogens is 220 g/mol. The predicted molar refractivity (Wildman–Crippen MR) is 78.6 cm³/mol. The highest BCUT2D eigenvalue weighted by Gasteiger charge is 2.26. The van der Waals surface area contributed by atoms with Crippen molar-refractivity contribution in [2.75, 3.05) is 19.6 Å². The third-order valence-corrected chi connectivity index (χ3v) is 5.03. The molecule has 0 aromatic carbocycles. The van der Waals surface area contributed by atoms with Crippen LogP contribution in [-0.2, 0) is 0 Å². The summed E-state index contributed by atoms with van der Waals surface area (Å²) in [5.41, 5.74) is 6.28. The van der Waals surface area contributed by atoms with Gasteiger partial charge in [-0.25, -0.2) is 0 Å². The molecule has 0 amide bonds. The van der Waals surface area contributed by atoms with E-state index in [0.29, 0.717) is 6.04 Å². The zero-order chi connectivity index (χ0) is 12.8. The number of unbranched alkanes of at least 4 members (excludes halogenated alkanes) is 1. The summed E-state index contributed by atoms with van der Waals surface area (Å²) < 4.78 is 0. The minimum atomic E-state index is 0.481. The van der Waals surface area contributed by atoms with Gasteiger partial charge in [0.2, 0.25) is 0 Å². The molecule has 1 heterocycles. The van der Waals surface area contributed by atoms with E-state index in [-0.39, 0.29) is 0 Å². The molecule has 2 fully saturated rings. The van der Waals surface area contributed by atoms with Crippen LogP contribution in [0.5, 0.6) is 0 Å². The highest BCUT2D eigenvalue weighted by molar-refractivity contribution is 4.82. The first-order chi connectivity index (χ1) is 8.79. The van der Waals surface area contributed by atoms with E-state index in [0.717, 1.165) is 11.8 Å². The second-order valence-corrected chi connectivity index (χ2v) is 6.62. The number of hydrogen-bond acceptors (Lipinski definition) is 2. The SMILES string of the molecule is CCCCC1CCCN(C[C@@H]2CCCCC2N)C1. The van der Waals surface area contributed by atoms with Crippen molar-refractivity contribution >= 4 is 0 Å². The topological polar surface area (TPSA) is 29.3 Å². The van der Waals surface area contributed by atoms with Gasteiger partial charge in [-0.15, -0.1) is 0 Å². The molecule has 1 saturated carbocycles. The maximum atomic E-state index is 6.28. The molecule has 0 spiro atoms. The molecule has 1 aliphatic carbocycles. The molecule has 2 nitrogen and oxygen atoms in total. The number of nitrogens with two attached hydrogens (primary N) is 1.